The number of fused-ring (bicyclic) bond motifs is 2. The Morgan fingerprint density at radius 1 is 0.750 bits per heavy atom. The van der Waals surface area contributed by atoms with E-state index < -0.39 is 0 Å². The highest BCUT2D eigenvalue weighted by atomic mass is 35.5. The lowest BCUT2D eigenvalue weighted by molar-refractivity contribution is 1.48. The summed E-state index contributed by atoms with van der Waals surface area (Å²) in [5, 5.41) is 6.79. The molecule has 0 bridgehead atoms. The molecule has 24 heavy (non-hydrogen) atoms. The number of hydrogen-bond donors (Lipinski definition) is 1. The summed E-state index contributed by atoms with van der Waals surface area (Å²) in [6.45, 7) is 0. The molecule has 0 spiro atoms. The first-order valence-electron chi connectivity index (χ1n) is 7.22. The molecule has 0 unspecified atom stereocenters. The van der Waals surface area contributed by atoms with Crippen molar-refractivity contribution in [2.24, 2.45) is 0 Å². The first-order valence-corrected chi connectivity index (χ1v) is 7.97. The fraction of sp³-hybridized carbons (Fsp3) is 0. The Bertz CT molecular complexity index is 977. The van der Waals surface area contributed by atoms with Crippen LogP contribution in [0.1, 0.15) is 0 Å². The van der Waals surface area contributed by atoms with E-state index in [0.29, 0.717) is 10.0 Å². The number of nitrogens with one attached hydrogen (secondary N) is 1. The molecule has 0 fully saturated rings. The summed E-state index contributed by atoms with van der Waals surface area (Å²) >= 11 is 12.4. The van der Waals surface area contributed by atoms with Crippen molar-refractivity contribution in [1.82, 2.24) is 4.98 Å². The third-order valence-electron chi connectivity index (χ3n) is 3.78. The third kappa shape index (κ3) is 3.01. The summed E-state index contributed by atoms with van der Waals surface area (Å²) in [6, 6.07) is 21.5. The van der Waals surface area contributed by atoms with Crippen LogP contribution >= 0.6 is 35.6 Å². The van der Waals surface area contributed by atoms with Gasteiger partial charge >= 0.3 is 0 Å². The van der Waals surface area contributed by atoms with Gasteiger partial charge in [0.1, 0.15) is 0 Å². The largest absolute Gasteiger partial charge is 0.353 e. The van der Waals surface area contributed by atoms with Crippen LogP contribution in [0.15, 0.2) is 66.7 Å². The van der Waals surface area contributed by atoms with E-state index in [9.17, 15) is 0 Å². The maximum absolute atomic E-state index is 6.31. The molecular weight excluding hydrogens is 363 g/mol. The maximum atomic E-state index is 6.31. The van der Waals surface area contributed by atoms with Crippen LogP contribution in [0, 0.1) is 0 Å². The predicted molar refractivity (Wildman–Crippen MR) is 106 cm³/mol. The molecule has 2 nitrogen and oxygen atoms in total. The Balaban J connectivity index is 0.00000169. The minimum Gasteiger partial charge on any atom is -0.353 e. The lowest BCUT2D eigenvalue weighted by Gasteiger charge is -2.14. The van der Waals surface area contributed by atoms with E-state index in [1.807, 2.05) is 42.5 Å². The molecule has 4 rings (SSSR count). The molecule has 120 valence electrons. The monoisotopic (exact) mass is 374 g/mol. The van der Waals surface area contributed by atoms with Crippen molar-refractivity contribution in [3.63, 3.8) is 0 Å². The molecule has 0 aliphatic heterocycles. The predicted octanol–water partition coefficient (Wildman–Crippen LogP) is 6.86. The number of aromatic nitrogens is 1. The fourth-order valence-corrected chi connectivity index (χ4v) is 3.04. The van der Waals surface area contributed by atoms with Crippen LogP contribution in [-0.2, 0) is 0 Å². The molecule has 1 N–H and O–H groups in total. The molecule has 0 amide bonds. The van der Waals surface area contributed by atoms with Crippen LogP contribution < -0.4 is 5.32 Å². The summed E-state index contributed by atoms with van der Waals surface area (Å²) in [7, 11) is 0. The van der Waals surface area contributed by atoms with Crippen LogP contribution in [0.5, 0.6) is 0 Å². The molecule has 1 aromatic heterocycles. The lowest BCUT2D eigenvalue weighted by atomic mass is 10.1. The average Bonchev–Trinajstić information content (AvgIpc) is 2.58. The second kappa shape index (κ2) is 6.86. The van der Waals surface area contributed by atoms with Crippen LogP contribution in [0.3, 0.4) is 0 Å². The number of pyridine rings is 1. The van der Waals surface area contributed by atoms with Gasteiger partial charge in [-0.15, -0.1) is 12.4 Å². The Morgan fingerprint density at radius 2 is 1.33 bits per heavy atom. The van der Waals surface area contributed by atoms with Crippen molar-refractivity contribution in [2.45, 2.75) is 0 Å². The van der Waals surface area contributed by atoms with Gasteiger partial charge in [-0.3, -0.25) is 0 Å². The molecule has 0 atom stereocenters. The second-order valence-electron chi connectivity index (χ2n) is 5.27. The Kier molecular flexibility index (Phi) is 4.81. The summed E-state index contributed by atoms with van der Waals surface area (Å²) in [5.74, 6) is 0. The number of para-hydroxylation sites is 2. The highest BCUT2D eigenvalue weighted by Gasteiger charge is 2.10. The molecule has 0 aliphatic rings. The molecule has 0 radical (unpaired) electrons. The number of halogens is 3. The van der Waals surface area contributed by atoms with Crippen molar-refractivity contribution in [3.8, 4) is 0 Å². The molecule has 5 heteroatoms. The summed E-state index contributed by atoms with van der Waals surface area (Å²) < 4.78 is 0. The Labute approximate surface area is 155 Å². The highest BCUT2D eigenvalue weighted by molar-refractivity contribution is 6.35. The first-order chi connectivity index (χ1) is 11.2. The number of rotatable bonds is 2. The standard InChI is InChI=1S/C19H12Cl2N2.ClH/c20-12-9-10-15(21)18(11-12)23-19-13-5-1-3-7-16(13)22-17-8-4-2-6-14(17)19;/h1-11H,(H,22,23);1H. The smallest absolute Gasteiger partial charge is 0.0730 e. The molecule has 0 saturated carbocycles. The normalized spacial score (nSPS) is 10.6. The van der Waals surface area contributed by atoms with Gasteiger partial charge in [-0.1, -0.05) is 59.6 Å². The van der Waals surface area contributed by atoms with Crippen LogP contribution in [-0.4, -0.2) is 4.98 Å². The SMILES string of the molecule is Cl.Clc1ccc(Cl)c(Nc2c3ccccc3nc3ccccc23)c1. The zero-order valence-electron chi connectivity index (χ0n) is 12.5. The van der Waals surface area contributed by atoms with Crippen LogP contribution in [0.2, 0.25) is 10.0 Å². The number of anilines is 2. The minimum atomic E-state index is 0. The topological polar surface area (TPSA) is 24.9 Å². The summed E-state index contributed by atoms with van der Waals surface area (Å²) in [5.41, 5.74) is 3.63. The number of hydrogen-bond acceptors (Lipinski definition) is 2. The van der Waals surface area contributed by atoms with Gasteiger partial charge in [-0.05, 0) is 30.3 Å². The number of nitrogens with zero attached hydrogens (tertiary/aromatic N) is 1. The van der Waals surface area contributed by atoms with E-state index in [0.717, 1.165) is 33.2 Å². The van der Waals surface area contributed by atoms with Crippen molar-refractivity contribution < 1.29 is 0 Å². The second-order valence-corrected chi connectivity index (χ2v) is 6.11. The molecular formula is C19H13Cl3N2. The van der Waals surface area contributed by atoms with Crippen molar-refractivity contribution >= 4 is 68.8 Å². The van der Waals surface area contributed by atoms with Crippen molar-refractivity contribution in [3.05, 3.63) is 76.8 Å². The van der Waals surface area contributed by atoms with Crippen molar-refractivity contribution in [2.75, 3.05) is 5.32 Å². The van der Waals surface area contributed by atoms with Crippen molar-refractivity contribution in [1.29, 1.82) is 0 Å². The molecule has 0 saturated heterocycles. The summed E-state index contributed by atoms with van der Waals surface area (Å²) in [4.78, 5) is 4.72. The molecule has 4 aromatic rings. The molecule has 1 heterocycles. The van der Waals surface area contributed by atoms with Gasteiger partial charge in [0, 0.05) is 15.8 Å². The van der Waals surface area contributed by atoms with Gasteiger partial charge in [0.2, 0.25) is 0 Å². The van der Waals surface area contributed by atoms with Gasteiger partial charge in [0.15, 0.2) is 0 Å². The maximum Gasteiger partial charge on any atom is 0.0730 e. The Morgan fingerprint density at radius 3 is 1.96 bits per heavy atom. The van der Waals surface area contributed by atoms with Gasteiger partial charge in [0.25, 0.3) is 0 Å². The fourth-order valence-electron chi connectivity index (χ4n) is 2.70. The van der Waals surface area contributed by atoms with Gasteiger partial charge in [-0.25, -0.2) is 4.98 Å². The van der Waals surface area contributed by atoms with Crippen LogP contribution in [0.25, 0.3) is 21.8 Å². The van der Waals surface area contributed by atoms with Crippen LogP contribution in [0.4, 0.5) is 11.4 Å². The van der Waals surface area contributed by atoms with E-state index in [2.05, 4.69) is 17.4 Å². The van der Waals surface area contributed by atoms with Gasteiger partial charge in [0.05, 0.1) is 27.4 Å². The first kappa shape index (κ1) is 16.8. The zero-order valence-corrected chi connectivity index (χ0v) is 14.8. The van der Waals surface area contributed by atoms with E-state index in [1.165, 1.54) is 0 Å². The van der Waals surface area contributed by atoms with E-state index >= 15 is 0 Å². The third-order valence-corrected chi connectivity index (χ3v) is 4.34. The van der Waals surface area contributed by atoms with E-state index in [-0.39, 0.29) is 12.4 Å². The molecule has 0 aliphatic carbocycles. The highest BCUT2D eigenvalue weighted by Crippen LogP contribution is 2.35. The van der Waals surface area contributed by atoms with Gasteiger partial charge < -0.3 is 5.32 Å². The van der Waals surface area contributed by atoms with E-state index in [1.54, 1.807) is 12.1 Å². The minimum absolute atomic E-state index is 0. The quantitative estimate of drug-likeness (QED) is 0.387. The average molecular weight is 376 g/mol. The Hall–Kier alpha value is -2.00. The van der Waals surface area contributed by atoms with Gasteiger partial charge in [-0.2, -0.15) is 0 Å². The lowest BCUT2D eigenvalue weighted by Crippen LogP contribution is -1.96. The van der Waals surface area contributed by atoms with E-state index in [4.69, 9.17) is 28.2 Å². The number of benzene rings is 3. The summed E-state index contributed by atoms with van der Waals surface area (Å²) in [6.07, 6.45) is 0. The molecule has 3 aromatic carbocycles. The zero-order chi connectivity index (χ0) is 15.8.